The summed E-state index contributed by atoms with van der Waals surface area (Å²) >= 11 is 6.02. The van der Waals surface area contributed by atoms with Crippen LogP contribution in [0.15, 0.2) is 42.9 Å². The Kier molecular flexibility index (Phi) is 5.31. The van der Waals surface area contributed by atoms with Gasteiger partial charge in [0.15, 0.2) is 0 Å². The van der Waals surface area contributed by atoms with E-state index in [1.165, 1.54) is 28.9 Å². The number of aryl methyl sites for hydroxylation is 1. The van der Waals surface area contributed by atoms with Gasteiger partial charge in [-0.1, -0.05) is 11.6 Å². The molecule has 0 spiro atoms. The normalized spacial score (nSPS) is 12.4. The molecule has 0 radical (unpaired) electrons. The molecule has 0 saturated carbocycles. The van der Waals surface area contributed by atoms with Crippen molar-refractivity contribution in [3.05, 3.63) is 64.8 Å². The standard InChI is InChI=1S/C19H11ClF6N6O/c1-31-16(17(33)29-10-2-3-27-12(8-10)18(21,22)23)14(19(24,25)26)15(30-31)11-6-9(20)7-13-28-4-5-32(11)13/h2-8H,1H3,(H,27,29,33). The van der Waals surface area contributed by atoms with Crippen molar-refractivity contribution >= 4 is 28.8 Å². The van der Waals surface area contributed by atoms with Crippen LogP contribution in [-0.2, 0) is 19.4 Å². The minimum absolute atomic E-state index is 0.0831. The molecule has 0 aliphatic carbocycles. The lowest BCUT2D eigenvalue weighted by atomic mass is 10.1. The van der Waals surface area contributed by atoms with Crippen LogP contribution in [0.3, 0.4) is 0 Å². The fraction of sp³-hybridized carbons (Fsp3) is 0.158. The number of anilines is 1. The zero-order chi connectivity index (χ0) is 24.1. The van der Waals surface area contributed by atoms with Gasteiger partial charge >= 0.3 is 12.4 Å². The third-order valence-corrected chi connectivity index (χ3v) is 4.79. The molecule has 172 valence electrons. The Hall–Kier alpha value is -3.61. The van der Waals surface area contributed by atoms with Gasteiger partial charge < -0.3 is 5.32 Å². The van der Waals surface area contributed by atoms with E-state index in [1.807, 2.05) is 5.32 Å². The predicted molar refractivity (Wildman–Crippen MR) is 105 cm³/mol. The van der Waals surface area contributed by atoms with E-state index >= 15 is 0 Å². The van der Waals surface area contributed by atoms with Gasteiger partial charge in [-0.25, -0.2) is 4.98 Å². The summed E-state index contributed by atoms with van der Waals surface area (Å²) in [7, 11) is 1.11. The molecule has 0 saturated heterocycles. The summed E-state index contributed by atoms with van der Waals surface area (Å²) in [5.74, 6) is -1.31. The van der Waals surface area contributed by atoms with Crippen LogP contribution in [0.1, 0.15) is 21.7 Å². The number of rotatable bonds is 3. The second-order valence-electron chi connectivity index (χ2n) is 6.79. The topological polar surface area (TPSA) is 77.1 Å². The van der Waals surface area contributed by atoms with Gasteiger partial charge in [-0.15, -0.1) is 0 Å². The maximum atomic E-state index is 14.1. The lowest BCUT2D eigenvalue weighted by Crippen LogP contribution is -2.21. The minimum Gasteiger partial charge on any atom is -0.321 e. The summed E-state index contributed by atoms with van der Waals surface area (Å²) in [6.45, 7) is 0. The molecular weight excluding hydrogens is 478 g/mol. The fourth-order valence-corrected chi connectivity index (χ4v) is 3.46. The van der Waals surface area contributed by atoms with Gasteiger partial charge in [0, 0.05) is 42.4 Å². The van der Waals surface area contributed by atoms with Crippen LogP contribution in [0.5, 0.6) is 0 Å². The first kappa shape index (κ1) is 22.6. The van der Waals surface area contributed by atoms with E-state index in [0.717, 1.165) is 19.3 Å². The van der Waals surface area contributed by atoms with Crippen molar-refractivity contribution in [2.45, 2.75) is 12.4 Å². The van der Waals surface area contributed by atoms with Crippen molar-refractivity contribution in [1.82, 2.24) is 24.1 Å². The number of aromatic nitrogens is 5. The van der Waals surface area contributed by atoms with Gasteiger partial charge in [0.25, 0.3) is 5.91 Å². The molecule has 4 heterocycles. The number of fused-ring (bicyclic) bond motifs is 1. The van der Waals surface area contributed by atoms with Crippen LogP contribution in [0.25, 0.3) is 17.0 Å². The van der Waals surface area contributed by atoms with Crippen molar-refractivity contribution in [2.75, 3.05) is 5.32 Å². The Morgan fingerprint density at radius 2 is 1.76 bits per heavy atom. The van der Waals surface area contributed by atoms with Gasteiger partial charge in [-0.05, 0) is 18.2 Å². The molecule has 4 rings (SSSR count). The summed E-state index contributed by atoms with van der Waals surface area (Å²) < 4.78 is 83.0. The number of imidazole rings is 1. The molecule has 0 aromatic carbocycles. The average Bonchev–Trinajstić information content (AvgIpc) is 3.30. The number of hydrogen-bond donors (Lipinski definition) is 1. The molecule has 7 nitrogen and oxygen atoms in total. The van der Waals surface area contributed by atoms with Crippen LogP contribution < -0.4 is 5.32 Å². The highest BCUT2D eigenvalue weighted by molar-refractivity contribution is 6.31. The molecule has 4 aromatic heterocycles. The first-order valence-corrected chi connectivity index (χ1v) is 9.36. The van der Waals surface area contributed by atoms with Crippen LogP contribution >= 0.6 is 11.6 Å². The SMILES string of the molecule is Cn1nc(-c2cc(Cl)cc3nccn23)c(C(F)(F)F)c1C(=O)Nc1ccnc(C(F)(F)F)c1. The summed E-state index contributed by atoms with van der Waals surface area (Å²) in [5.41, 5.74) is -4.44. The second-order valence-corrected chi connectivity index (χ2v) is 7.23. The molecular formula is C19H11ClF6N6O. The molecule has 0 fully saturated rings. The van der Waals surface area contributed by atoms with Gasteiger partial charge in [0.05, 0.1) is 5.69 Å². The molecule has 0 aliphatic rings. The van der Waals surface area contributed by atoms with Crippen molar-refractivity contribution in [3.63, 3.8) is 0 Å². The number of nitrogens with zero attached hydrogens (tertiary/aromatic N) is 5. The third-order valence-electron chi connectivity index (χ3n) is 4.57. The molecule has 14 heteroatoms. The fourth-order valence-electron chi connectivity index (χ4n) is 3.26. The number of alkyl halides is 6. The molecule has 0 bridgehead atoms. The van der Waals surface area contributed by atoms with Crippen molar-refractivity contribution in [1.29, 1.82) is 0 Å². The highest BCUT2D eigenvalue weighted by Gasteiger charge is 2.43. The summed E-state index contributed by atoms with van der Waals surface area (Å²) in [6.07, 6.45) is -6.33. The van der Waals surface area contributed by atoms with Crippen LogP contribution in [0.4, 0.5) is 32.0 Å². The Morgan fingerprint density at radius 3 is 2.42 bits per heavy atom. The average molecular weight is 489 g/mol. The summed E-state index contributed by atoms with van der Waals surface area (Å²) in [5, 5.41) is 6.01. The van der Waals surface area contributed by atoms with E-state index in [4.69, 9.17) is 11.6 Å². The predicted octanol–water partition coefficient (Wildman–Crippen LogP) is 5.07. The largest absolute Gasteiger partial charge is 0.433 e. The van der Waals surface area contributed by atoms with Crippen molar-refractivity contribution < 1.29 is 31.1 Å². The Labute approximate surface area is 185 Å². The lowest BCUT2D eigenvalue weighted by molar-refractivity contribution is -0.141. The molecule has 0 atom stereocenters. The highest BCUT2D eigenvalue weighted by Crippen LogP contribution is 2.40. The van der Waals surface area contributed by atoms with E-state index in [0.29, 0.717) is 10.7 Å². The Morgan fingerprint density at radius 1 is 1.03 bits per heavy atom. The lowest BCUT2D eigenvalue weighted by Gasteiger charge is -2.13. The Bertz CT molecular complexity index is 1370. The first-order valence-electron chi connectivity index (χ1n) is 8.98. The van der Waals surface area contributed by atoms with E-state index in [1.54, 1.807) is 0 Å². The maximum absolute atomic E-state index is 14.1. The van der Waals surface area contributed by atoms with E-state index in [9.17, 15) is 31.1 Å². The van der Waals surface area contributed by atoms with E-state index in [-0.39, 0.29) is 16.4 Å². The number of hydrogen-bond acceptors (Lipinski definition) is 4. The number of nitrogens with one attached hydrogen (secondary N) is 1. The molecule has 0 unspecified atom stereocenters. The zero-order valence-corrected chi connectivity index (χ0v) is 17.1. The van der Waals surface area contributed by atoms with Gasteiger partial charge in [0.1, 0.15) is 28.3 Å². The summed E-state index contributed by atoms with van der Waals surface area (Å²) in [6, 6.07) is 4.18. The van der Waals surface area contributed by atoms with Gasteiger partial charge in [-0.3, -0.25) is 18.9 Å². The highest BCUT2D eigenvalue weighted by atomic mass is 35.5. The Balaban J connectivity index is 1.84. The molecule has 1 N–H and O–H groups in total. The first-order chi connectivity index (χ1) is 15.4. The molecule has 1 amide bonds. The zero-order valence-electron chi connectivity index (χ0n) is 16.3. The van der Waals surface area contributed by atoms with E-state index < -0.39 is 46.6 Å². The van der Waals surface area contributed by atoms with Crippen molar-refractivity contribution in [3.8, 4) is 11.4 Å². The third kappa shape index (κ3) is 4.23. The summed E-state index contributed by atoms with van der Waals surface area (Å²) in [4.78, 5) is 19.9. The smallest absolute Gasteiger partial charge is 0.321 e. The van der Waals surface area contributed by atoms with Crippen LogP contribution in [-0.4, -0.2) is 30.1 Å². The monoisotopic (exact) mass is 488 g/mol. The number of carbonyl (C=O) groups excluding carboxylic acids is 1. The molecule has 4 aromatic rings. The maximum Gasteiger partial charge on any atom is 0.433 e. The number of amides is 1. The van der Waals surface area contributed by atoms with E-state index in [2.05, 4.69) is 15.1 Å². The second kappa shape index (κ2) is 7.76. The molecule has 33 heavy (non-hydrogen) atoms. The van der Waals surface area contributed by atoms with Gasteiger partial charge in [0.2, 0.25) is 0 Å². The number of pyridine rings is 2. The van der Waals surface area contributed by atoms with Crippen LogP contribution in [0, 0.1) is 0 Å². The van der Waals surface area contributed by atoms with Crippen LogP contribution in [0.2, 0.25) is 5.02 Å². The minimum atomic E-state index is -5.04. The van der Waals surface area contributed by atoms with Gasteiger partial charge in [-0.2, -0.15) is 31.4 Å². The number of carbonyl (C=O) groups is 1. The quantitative estimate of drug-likeness (QED) is 0.408. The molecule has 0 aliphatic heterocycles. The van der Waals surface area contributed by atoms with Crippen molar-refractivity contribution in [2.24, 2.45) is 7.05 Å². The number of halogens is 7.